The molecule has 0 spiro atoms. The van der Waals surface area contributed by atoms with E-state index in [2.05, 4.69) is 15.2 Å². The van der Waals surface area contributed by atoms with Gasteiger partial charge in [-0.2, -0.15) is 0 Å². The van der Waals surface area contributed by atoms with Crippen LogP contribution in [-0.2, 0) is 6.54 Å². The molecule has 156 valence electrons. The lowest BCUT2D eigenvalue weighted by atomic mass is 10.1. The largest absolute Gasteiger partial charge is 0.378 e. The highest BCUT2D eigenvalue weighted by atomic mass is 35.5. The highest BCUT2D eigenvalue weighted by molar-refractivity contribution is 7.15. The van der Waals surface area contributed by atoms with Gasteiger partial charge in [0, 0.05) is 42.8 Å². The van der Waals surface area contributed by atoms with Gasteiger partial charge >= 0.3 is 0 Å². The number of nitrogens with zero attached hydrogens (tertiary/aromatic N) is 3. The summed E-state index contributed by atoms with van der Waals surface area (Å²) in [7, 11) is 0. The highest BCUT2D eigenvalue weighted by Gasteiger charge is 2.24. The number of nitrogens with one attached hydrogen (secondary N) is 1. The fourth-order valence-corrected chi connectivity index (χ4v) is 4.75. The van der Waals surface area contributed by atoms with Crippen molar-refractivity contribution >= 4 is 51.8 Å². The molecule has 1 N–H and O–H groups in total. The molecule has 8 heteroatoms. The van der Waals surface area contributed by atoms with Crippen LogP contribution in [0.2, 0.25) is 9.49 Å². The summed E-state index contributed by atoms with van der Waals surface area (Å²) in [6.07, 6.45) is 1.78. The fraction of sp³-hybridized carbons (Fsp3) is 0.273. The molecule has 1 aromatic heterocycles. The first kappa shape index (κ1) is 21.0. The van der Waals surface area contributed by atoms with Gasteiger partial charge in [-0.25, -0.2) is 4.98 Å². The minimum atomic E-state index is 0.0780. The number of anilines is 2. The Hall–Kier alpha value is -2.28. The predicted molar refractivity (Wildman–Crippen MR) is 125 cm³/mol. The van der Waals surface area contributed by atoms with Crippen molar-refractivity contribution in [1.29, 1.82) is 0 Å². The fourth-order valence-electron chi connectivity index (χ4n) is 3.54. The van der Waals surface area contributed by atoms with E-state index in [1.165, 1.54) is 11.3 Å². The quantitative estimate of drug-likeness (QED) is 0.558. The molecule has 1 fully saturated rings. The van der Waals surface area contributed by atoms with E-state index in [4.69, 9.17) is 23.2 Å². The van der Waals surface area contributed by atoms with Crippen LogP contribution >= 0.6 is 34.5 Å². The molecule has 2 heterocycles. The molecule has 0 saturated carbocycles. The number of carbonyl (C=O) groups is 1. The second kappa shape index (κ2) is 9.25. The van der Waals surface area contributed by atoms with Crippen LogP contribution in [0.3, 0.4) is 0 Å². The molecule has 1 aliphatic heterocycles. The first-order chi connectivity index (χ1) is 14.5. The number of benzene rings is 2. The normalized spacial score (nSPS) is 14.1. The van der Waals surface area contributed by atoms with Crippen LogP contribution in [0, 0.1) is 6.92 Å². The molecule has 4 rings (SSSR count). The van der Waals surface area contributed by atoms with Gasteiger partial charge in [-0.15, -0.1) is 11.3 Å². The zero-order valence-corrected chi connectivity index (χ0v) is 18.9. The summed E-state index contributed by atoms with van der Waals surface area (Å²) in [5, 5.41) is 4.15. The average Bonchev–Trinajstić information content (AvgIpc) is 3.18. The van der Waals surface area contributed by atoms with E-state index in [0.717, 1.165) is 40.5 Å². The Labute approximate surface area is 190 Å². The zero-order valence-electron chi connectivity index (χ0n) is 16.6. The third kappa shape index (κ3) is 4.72. The van der Waals surface area contributed by atoms with Crippen LogP contribution in [-0.4, -0.2) is 42.0 Å². The molecular formula is C22H22Cl2N4OS. The van der Waals surface area contributed by atoms with Crippen molar-refractivity contribution in [1.82, 2.24) is 9.88 Å². The van der Waals surface area contributed by atoms with E-state index in [-0.39, 0.29) is 5.91 Å². The van der Waals surface area contributed by atoms with Gasteiger partial charge in [-0.05, 0) is 31.2 Å². The number of aryl methyl sites for hydroxylation is 1. The summed E-state index contributed by atoms with van der Waals surface area (Å²) >= 11 is 14.0. The number of aromatic nitrogens is 1. The molecule has 3 aromatic rings. The Morgan fingerprint density at radius 2 is 1.83 bits per heavy atom. The van der Waals surface area contributed by atoms with E-state index < -0.39 is 0 Å². The Kier molecular flexibility index (Phi) is 6.46. The smallest absolute Gasteiger partial charge is 0.253 e. The molecule has 0 atom stereocenters. The summed E-state index contributed by atoms with van der Waals surface area (Å²) in [5.74, 6) is 0.0780. The number of hydrogen-bond acceptors (Lipinski definition) is 5. The highest BCUT2D eigenvalue weighted by Crippen LogP contribution is 2.35. The van der Waals surface area contributed by atoms with Crippen molar-refractivity contribution in [2.24, 2.45) is 0 Å². The lowest BCUT2D eigenvalue weighted by molar-refractivity contribution is 0.0747. The molecule has 0 radical (unpaired) electrons. The maximum atomic E-state index is 12.8. The lowest BCUT2D eigenvalue weighted by Gasteiger charge is -2.37. The average molecular weight is 461 g/mol. The molecule has 30 heavy (non-hydrogen) atoms. The van der Waals surface area contributed by atoms with Gasteiger partial charge in [0.2, 0.25) is 0 Å². The maximum absolute atomic E-state index is 12.8. The van der Waals surface area contributed by atoms with E-state index in [1.54, 1.807) is 6.20 Å². The van der Waals surface area contributed by atoms with Crippen molar-refractivity contribution in [2.75, 3.05) is 36.4 Å². The van der Waals surface area contributed by atoms with Crippen molar-refractivity contribution in [3.05, 3.63) is 74.2 Å². The van der Waals surface area contributed by atoms with E-state index in [0.29, 0.717) is 29.1 Å². The third-order valence-corrected chi connectivity index (χ3v) is 6.57. The Balaban J connectivity index is 1.44. The van der Waals surface area contributed by atoms with Gasteiger partial charge in [0.15, 0.2) is 4.47 Å². The number of hydrogen-bond donors (Lipinski definition) is 1. The van der Waals surface area contributed by atoms with E-state index >= 15 is 0 Å². The predicted octanol–water partition coefficient (Wildman–Crippen LogP) is 5.33. The van der Waals surface area contributed by atoms with Gasteiger partial charge in [0.05, 0.1) is 22.9 Å². The van der Waals surface area contributed by atoms with Gasteiger partial charge in [0.25, 0.3) is 5.91 Å². The van der Waals surface area contributed by atoms with Crippen LogP contribution in [0.15, 0.2) is 48.7 Å². The number of thiazole rings is 1. The lowest BCUT2D eigenvalue weighted by Crippen LogP contribution is -2.49. The zero-order chi connectivity index (χ0) is 21.1. The first-order valence-corrected chi connectivity index (χ1v) is 11.3. The number of rotatable bonds is 5. The van der Waals surface area contributed by atoms with Crippen LogP contribution < -0.4 is 10.2 Å². The van der Waals surface area contributed by atoms with Gasteiger partial charge in [0.1, 0.15) is 0 Å². The Bertz CT molecular complexity index is 1030. The minimum absolute atomic E-state index is 0.0780. The monoisotopic (exact) mass is 460 g/mol. The number of para-hydroxylation sites is 1. The number of halogens is 2. The molecule has 2 aromatic carbocycles. The summed E-state index contributed by atoms with van der Waals surface area (Å²) < 4.78 is 0.535. The number of carbonyl (C=O) groups excluding carboxylic acids is 1. The van der Waals surface area contributed by atoms with Gasteiger partial charge in [-0.1, -0.05) is 47.0 Å². The summed E-state index contributed by atoms with van der Waals surface area (Å²) in [6, 6.07) is 13.6. The van der Waals surface area contributed by atoms with Gasteiger partial charge < -0.3 is 15.1 Å². The van der Waals surface area contributed by atoms with Crippen molar-refractivity contribution < 1.29 is 4.79 Å². The second-order valence-corrected chi connectivity index (χ2v) is 9.32. The van der Waals surface area contributed by atoms with Crippen LogP contribution in [0.4, 0.5) is 11.4 Å². The van der Waals surface area contributed by atoms with Crippen LogP contribution in [0.25, 0.3) is 0 Å². The summed E-state index contributed by atoms with van der Waals surface area (Å²) in [4.78, 5) is 22.1. The summed E-state index contributed by atoms with van der Waals surface area (Å²) in [5.41, 5.74) is 3.82. The van der Waals surface area contributed by atoms with Crippen molar-refractivity contribution in [2.45, 2.75) is 13.5 Å². The van der Waals surface area contributed by atoms with Crippen LogP contribution in [0.5, 0.6) is 0 Å². The molecule has 0 aliphatic carbocycles. The van der Waals surface area contributed by atoms with Crippen molar-refractivity contribution in [3.63, 3.8) is 0 Å². The molecule has 5 nitrogen and oxygen atoms in total. The SMILES string of the molecule is Cc1ccc(C(=O)N2CCN(c3c(Cl)cccc3NCc3cnc(Cl)s3)CC2)cc1. The summed E-state index contributed by atoms with van der Waals surface area (Å²) in [6.45, 7) is 5.41. The van der Waals surface area contributed by atoms with Crippen LogP contribution in [0.1, 0.15) is 20.8 Å². The Morgan fingerprint density at radius 3 is 2.50 bits per heavy atom. The Morgan fingerprint density at radius 1 is 1.10 bits per heavy atom. The van der Waals surface area contributed by atoms with E-state index in [9.17, 15) is 4.79 Å². The molecule has 0 bridgehead atoms. The topological polar surface area (TPSA) is 48.5 Å². The molecule has 1 aliphatic rings. The number of piperazine rings is 1. The first-order valence-electron chi connectivity index (χ1n) is 9.75. The molecular weight excluding hydrogens is 439 g/mol. The number of amides is 1. The molecule has 1 amide bonds. The maximum Gasteiger partial charge on any atom is 0.253 e. The van der Waals surface area contributed by atoms with Gasteiger partial charge in [-0.3, -0.25) is 4.79 Å². The van der Waals surface area contributed by atoms with Crippen molar-refractivity contribution in [3.8, 4) is 0 Å². The standard InChI is InChI=1S/C22H22Cl2N4OS/c1-15-5-7-16(8-6-15)21(29)28-11-9-27(10-12-28)20-18(23)3-2-4-19(20)25-13-17-14-26-22(24)30-17/h2-8,14,25H,9-13H2,1H3. The second-order valence-electron chi connectivity index (χ2n) is 7.21. The molecule has 0 unspecified atom stereocenters. The minimum Gasteiger partial charge on any atom is -0.378 e. The molecule has 1 saturated heterocycles. The third-order valence-electron chi connectivity index (χ3n) is 5.15. The van der Waals surface area contributed by atoms with E-state index in [1.807, 2.05) is 54.3 Å².